The van der Waals surface area contributed by atoms with Gasteiger partial charge in [0.15, 0.2) is 0 Å². The number of aryl methyl sites for hydroxylation is 1. The Morgan fingerprint density at radius 2 is 2.06 bits per heavy atom. The van der Waals surface area contributed by atoms with Crippen LogP contribution in [-0.2, 0) is 0 Å². The molecule has 0 spiro atoms. The van der Waals surface area contributed by atoms with Gasteiger partial charge in [-0.15, -0.1) is 0 Å². The van der Waals surface area contributed by atoms with E-state index in [4.69, 9.17) is 4.74 Å². The quantitative estimate of drug-likeness (QED) is 0.853. The summed E-state index contributed by atoms with van der Waals surface area (Å²) in [7, 11) is 0. The molecule has 1 aromatic rings. The maximum Gasteiger partial charge on any atom is 0.125 e. The molecular weight excluding hydrogens is 224 g/mol. The van der Waals surface area contributed by atoms with Crippen LogP contribution in [0.5, 0.6) is 5.75 Å². The van der Waals surface area contributed by atoms with Gasteiger partial charge < -0.3 is 9.84 Å². The number of hydrogen-bond donors (Lipinski definition) is 1. The number of benzene rings is 1. The minimum Gasteiger partial charge on any atom is -0.493 e. The molecule has 2 rings (SSSR count). The molecule has 100 valence electrons. The number of aliphatic hydroxyl groups excluding tert-OH is 1. The Kier molecular flexibility index (Phi) is 4.65. The van der Waals surface area contributed by atoms with Crippen LogP contribution in [0.15, 0.2) is 18.2 Å². The van der Waals surface area contributed by atoms with Crippen LogP contribution in [0.4, 0.5) is 0 Å². The monoisotopic (exact) mass is 248 g/mol. The van der Waals surface area contributed by atoms with Crippen LogP contribution in [0.1, 0.15) is 56.3 Å². The van der Waals surface area contributed by atoms with Crippen molar-refractivity contribution in [2.24, 2.45) is 5.92 Å². The summed E-state index contributed by atoms with van der Waals surface area (Å²) in [5.74, 6) is 1.53. The third-order valence-electron chi connectivity index (χ3n) is 3.86. The van der Waals surface area contributed by atoms with Gasteiger partial charge in [-0.3, -0.25) is 0 Å². The molecular formula is C16H24O2. The predicted octanol–water partition coefficient (Wildman–Crippen LogP) is 4.01. The first kappa shape index (κ1) is 13.4. The van der Waals surface area contributed by atoms with Crippen molar-refractivity contribution in [2.45, 2.75) is 52.1 Å². The fourth-order valence-electron chi connectivity index (χ4n) is 2.90. The zero-order valence-electron chi connectivity index (χ0n) is 11.5. The second-order valence-electron chi connectivity index (χ2n) is 5.38. The molecule has 1 aromatic carbocycles. The van der Waals surface area contributed by atoms with E-state index in [0.29, 0.717) is 12.5 Å². The minimum atomic E-state index is -0.380. The van der Waals surface area contributed by atoms with Gasteiger partial charge in [-0.05, 0) is 38.3 Å². The van der Waals surface area contributed by atoms with Crippen molar-refractivity contribution in [2.75, 3.05) is 6.61 Å². The summed E-state index contributed by atoms with van der Waals surface area (Å²) in [5, 5.41) is 10.4. The average Bonchev–Trinajstić information content (AvgIpc) is 2.84. The second-order valence-corrected chi connectivity index (χ2v) is 5.38. The van der Waals surface area contributed by atoms with E-state index in [1.807, 2.05) is 19.1 Å². The fraction of sp³-hybridized carbons (Fsp3) is 0.625. The summed E-state index contributed by atoms with van der Waals surface area (Å²) in [6.07, 6.45) is 5.69. The van der Waals surface area contributed by atoms with Crippen LogP contribution in [0.2, 0.25) is 0 Å². The molecule has 18 heavy (non-hydrogen) atoms. The van der Waals surface area contributed by atoms with Crippen LogP contribution >= 0.6 is 0 Å². The lowest BCUT2D eigenvalue weighted by Gasteiger charge is -2.19. The van der Waals surface area contributed by atoms with Crippen LogP contribution in [0, 0.1) is 12.8 Å². The molecule has 2 nitrogen and oxygen atoms in total. The van der Waals surface area contributed by atoms with Gasteiger partial charge in [0, 0.05) is 5.56 Å². The predicted molar refractivity (Wildman–Crippen MR) is 73.9 cm³/mol. The molecule has 1 fully saturated rings. The first-order chi connectivity index (χ1) is 8.70. The third-order valence-corrected chi connectivity index (χ3v) is 3.86. The van der Waals surface area contributed by atoms with Gasteiger partial charge >= 0.3 is 0 Å². The van der Waals surface area contributed by atoms with E-state index < -0.39 is 0 Å². The minimum absolute atomic E-state index is 0.380. The number of aliphatic hydroxyl groups is 1. The molecule has 0 aliphatic heterocycles. The Morgan fingerprint density at radius 1 is 1.33 bits per heavy atom. The van der Waals surface area contributed by atoms with Gasteiger partial charge in [0.25, 0.3) is 0 Å². The molecule has 1 unspecified atom stereocenters. The lowest BCUT2D eigenvalue weighted by Crippen LogP contribution is -2.07. The van der Waals surface area contributed by atoms with E-state index in [9.17, 15) is 5.11 Å². The van der Waals surface area contributed by atoms with Gasteiger partial charge in [-0.25, -0.2) is 0 Å². The van der Waals surface area contributed by atoms with Gasteiger partial charge in [0.05, 0.1) is 12.7 Å². The van der Waals surface area contributed by atoms with Crippen molar-refractivity contribution >= 4 is 0 Å². The fourth-order valence-corrected chi connectivity index (χ4v) is 2.90. The molecule has 0 amide bonds. The van der Waals surface area contributed by atoms with E-state index in [-0.39, 0.29) is 6.10 Å². The lowest BCUT2D eigenvalue weighted by atomic mass is 9.94. The maximum absolute atomic E-state index is 10.4. The Morgan fingerprint density at radius 3 is 2.72 bits per heavy atom. The average molecular weight is 248 g/mol. The van der Waals surface area contributed by atoms with Crippen molar-refractivity contribution in [3.63, 3.8) is 0 Å². The number of ether oxygens (including phenoxy) is 1. The highest BCUT2D eigenvalue weighted by Crippen LogP contribution is 2.36. The standard InChI is InChI=1S/C16H24O2/c1-3-18-16-9-8-12(2)10-14(16)15(17)11-13-6-4-5-7-13/h8-10,13,15,17H,3-7,11H2,1-2H3. The summed E-state index contributed by atoms with van der Waals surface area (Å²) in [4.78, 5) is 0. The second kappa shape index (κ2) is 6.24. The number of hydrogen-bond acceptors (Lipinski definition) is 2. The smallest absolute Gasteiger partial charge is 0.125 e. The summed E-state index contributed by atoms with van der Waals surface area (Å²) in [5.41, 5.74) is 2.14. The Balaban J connectivity index is 2.11. The molecule has 1 N–H and O–H groups in total. The first-order valence-electron chi connectivity index (χ1n) is 7.12. The molecule has 1 saturated carbocycles. The summed E-state index contributed by atoms with van der Waals surface area (Å²) < 4.78 is 5.62. The summed E-state index contributed by atoms with van der Waals surface area (Å²) in [6.45, 7) is 4.68. The number of rotatable bonds is 5. The van der Waals surface area contributed by atoms with Crippen molar-refractivity contribution in [3.05, 3.63) is 29.3 Å². The van der Waals surface area contributed by atoms with Gasteiger partial charge in [-0.1, -0.05) is 37.3 Å². The van der Waals surface area contributed by atoms with Crippen molar-refractivity contribution in [3.8, 4) is 5.75 Å². The zero-order chi connectivity index (χ0) is 13.0. The van der Waals surface area contributed by atoms with Crippen LogP contribution < -0.4 is 4.74 Å². The molecule has 1 aliphatic rings. The Bertz CT molecular complexity index is 381. The molecule has 0 aromatic heterocycles. The van der Waals surface area contributed by atoms with Crippen molar-refractivity contribution in [1.29, 1.82) is 0 Å². The topological polar surface area (TPSA) is 29.5 Å². The highest BCUT2D eigenvalue weighted by atomic mass is 16.5. The normalized spacial score (nSPS) is 17.9. The molecule has 0 heterocycles. The van der Waals surface area contributed by atoms with Crippen LogP contribution in [-0.4, -0.2) is 11.7 Å². The van der Waals surface area contributed by atoms with E-state index >= 15 is 0 Å². The molecule has 0 bridgehead atoms. The lowest BCUT2D eigenvalue weighted by molar-refractivity contribution is 0.140. The third kappa shape index (κ3) is 3.26. The molecule has 0 radical (unpaired) electrons. The van der Waals surface area contributed by atoms with E-state index in [0.717, 1.165) is 17.7 Å². The van der Waals surface area contributed by atoms with Crippen LogP contribution in [0.3, 0.4) is 0 Å². The zero-order valence-corrected chi connectivity index (χ0v) is 11.5. The summed E-state index contributed by atoms with van der Waals surface area (Å²) >= 11 is 0. The van der Waals surface area contributed by atoms with E-state index in [2.05, 4.69) is 13.0 Å². The largest absolute Gasteiger partial charge is 0.493 e. The Labute approximate surface area is 110 Å². The first-order valence-corrected chi connectivity index (χ1v) is 7.12. The molecule has 1 atom stereocenters. The van der Waals surface area contributed by atoms with Gasteiger partial charge in [0.2, 0.25) is 0 Å². The molecule has 1 aliphatic carbocycles. The van der Waals surface area contributed by atoms with E-state index in [1.165, 1.54) is 31.2 Å². The highest BCUT2D eigenvalue weighted by Gasteiger charge is 2.21. The van der Waals surface area contributed by atoms with Gasteiger partial charge in [0.1, 0.15) is 5.75 Å². The highest BCUT2D eigenvalue weighted by molar-refractivity contribution is 5.38. The van der Waals surface area contributed by atoms with Crippen molar-refractivity contribution in [1.82, 2.24) is 0 Å². The summed E-state index contributed by atoms with van der Waals surface area (Å²) in [6, 6.07) is 6.08. The van der Waals surface area contributed by atoms with Crippen LogP contribution in [0.25, 0.3) is 0 Å². The van der Waals surface area contributed by atoms with E-state index in [1.54, 1.807) is 0 Å². The molecule has 2 heteroatoms. The van der Waals surface area contributed by atoms with Gasteiger partial charge in [-0.2, -0.15) is 0 Å². The maximum atomic E-state index is 10.4. The Hall–Kier alpha value is -1.02. The molecule has 0 saturated heterocycles. The SMILES string of the molecule is CCOc1ccc(C)cc1C(O)CC1CCCC1. The van der Waals surface area contributed by atoms with Crippen molar-refractivity contribution < 1.29 is 9.84 Å².